The van der Waals surface area contributed by atoms with Crippen molar-refractivity contribution in [3.63, 3.8) is 0 Å². The van der Waals surface area contributed by atoms with Crippen LogP contribution in [-0.4, -0.2) is 17.7 Å². The van der Waals surface area contributed by atoms with Gasteiger partial charge in [-0.25, -0.2) is 4.79 Å². The van der Waals surface area contributed by atoms with Gasteiger partial charge in [0.2, 0.25) is 0 Å². The lowest BCUT2D eigenvalue weighted by Gasteiger charge is -2.00. The van der Waals surface area contributed by atoms with Crippen molar-refractivity contribution in [1.29, 1.82) is 0 Å². The second-order valence-corrected chi connectivity index (χ2v) is 2.69. The van der Waals surface area contributed by atoms with Gasteiger partial charge in [0.25, 0.3) is 0 Å². The molecule has 14 heavy (non-hydrogen) atoms. The predicted octanol–water partition coefficient (Wildman–Crippen LogP) is 2.35. The normalized spacial score (nSPS) is 12.1. The zero-order chi connectivity index (χ0) is 10.6. The summed E-state index contributed by atoms with van der Waals surface area (Å²) in [6.07, 6.45) is 0.706. The molecule has 3 nitrogen and oxygen atoms in total. The van der Waals surface area contributed by atoms with Crippen LogP contribution < -0.4 is 4.74 Å². The van der Waals surface area contributed by atoms with Gasteiger partial charge in [0.15, 0.2) is 0 Å². The van der Waals surface area contributed by atoms with Crippen LogP contribution in [0, 0.1) is 0 Å². The van der Waals surface area contributed by atoms with Crippen LogP contribution in [0.3, 0.4) is 0 Å². The lowest BCUT2D eigenvalue weighted by atomic mass is 10.1. The molecule has 0 atom stereocenters. The summed E-state index contributed by atoms with van der Waals surface area (Å²) in [4.78, 5) is 10.7. The Morgan fingerprint density at radius 2 is 2.14 bits per heavy atom. The molecule has 76 valence electrons. The van der Waals surface area contributed by atoms with Crippen molar-refractivity contribution in [2.24, 2.45) is 0 Å². The first-order chi connectivity index (χ1) is 6.79. The Morgan fingerprint density at radius 3 is 2.79 bits per heavy atom. The van der Waals surface area contributed by atoms with Crippen molar-refractivity contribution < 1.29 is 14.6 Å². The molecule has 0 amide bonds. The summed E-state index contributed by atoms with van der Waals surface area (Å²) in [5.74, 6) is -0.160. The minimum absolute atomic E-state index is 0.366. The van der Waals surface area contributed by atoms with Gasteiger partial charge in [-0.15, -0.1) is 0 Å². The SMILES string of the molecule is CC.O=C(O)c1cccc2c1CCO2. The molecular formula is C11H14O3. The van der Waals surface area contributed by atoms with E-state index in [2.05, 4.69) is 0 Å². The van der Waals surface area contributed by atoms with E-state index in [-0.39, 0.29) is 0 Å². The van der Waals surface area contributed by atoms with Crippen molar-refractivity contribution in [2.75, 3.05) is 6.61 Å². The Morgan fingerprint density at radius 1 is 1.43 bits per heavy atom. The minimum atomic E-state index is -0.877. The summed E-state index contributed by atoms with van der Waals surface area (Å²) in [5.41, 5.74) is 1.19. The molecule has 1 aromatic carbocycles. The van der Waals surface area contributed by atoms with Crippen LogP contribution >= 0.6 is 0 Å². The van der Waals surface area contributed by atoms with Crippen molar-refractivity contribution in [1.82, 2.24) is 0 Å². The number of hydrogen-bond acceptors (Lipinski definition) is 2. The number of fused-ring (bicyclic) bond motifs is 1. The number of carboxylic acids is 1. The molecule has 1 aromatic rings. The van der Waals surface area contributed by atoms with Gasteiger partial charge < -0.3 is 9.84 Å². The smallest absolute Gasteiger partial charge is 0.336 e. The number of benzene rings is 1. The van der Waals surface area contributed by atoms with Gasteiger partial charge in [-0.2, -0.15) is 0 Å². The lowest BCUT2D eigenvalue weighted by Crippen LogP contribution is -1.99. The minimum Gasteiger partial charge on any atom is -0.493 e. The van der Waals surface area contributed by atoms with Crippen LogP contribution in [0.1, 0.15) is 29.8 Å². The number of aromatic carboxylic acids is 1. The van der Waals surface area contributed by atoms with E-state index in [1.54, 1.807) is 18.2 Å². The molecule has 1 aliphatic heterocycles. The summed E-state index contributed by atoms with van der Waals surface area (Å²) < 4.78 is 5.23. The zero-order valence-corrected chi connectivity index (χ0v) is 8.41. The second-order valence-electron chi connectivity index (χ2n) is 2.69. The van der Waals surface area contributed by atoms with Gasteiger partial charge in [0, 0.05) is 12.0 Å². The van der Waals surface area contributed by atoms with Gasteiger partial charge in [0.1, 0.15) is 5.75 Å². The Bertz CT molecular complexity index is 331. The molecule has 0 aliphatic carbocycles. The first-order valence-corrected chi connectivity index (χ1v) is 4.77. The fourth-order valence-electron chi connectivity index (χ4n) is 1.42. The van der Waals surface area contributed by atoms with Crippen LogP contribution in [0.4, 0.5) is 0 Å². The van der Waals surface area contributed by atoms with Crippen LogP contribution in [0.25, 0.3) is 0 Å². The van der Waals surface area contributed by atoms with Crippen LogP contribution in [0.5, 0.6) is 5.75 Å². The molecule has 1 heterocycles. The molecule has 0 bridgehead atoms. The van der Waals surface area contributed by atoms with E-state index in [1.807, 2.05) is 13.8 Å². The van der Waals surface area contributed by atoms with E-state index in [1.165, 1.54) is 0 Å². The first kappa shape index (κ1) is 10.6. The summed E-state index contributed by atoms with van der Waals surface area (Å²) in [6.45, 7) is 4.60. The highest BCUT2D eigenvalue weighted by Gasteiger charge is 2.18. The summed E-state index contributed by atoms with van der Waals surface area (Å²) in [7, 11) is 0. The van der Waals surface area contributed by atoms with Crippen molar-refractivity contribution in [2.45, 2.75) is 20.3 Å². The second kappa shape index (κ2) is 4.65. The number of carboxylic acid groups (broad SMARTS) is 1. The quantitative estimate of drug-likeness (QED) is 0.746. The van der Waals surface area contributed by atoms with E-state index in [9.17, 15) is 4.79 Å². The van der Waals surface area contributed by atoms with Gasteiger partial charge >= 0.3 is 5.97 Å². The third kappa shape index (κ3) is 1.87. The molecule has 0 unspecified atom stereocenters. The maximum Gasteiger partial charge on any atom is 0.336 e. The van der Waals surface area contributed by atoms with E-state index in [0.29, 0.717) is 18.6 Å². The Balaban J connectivity index is 0.000000461. The topological polar surface area (TPSA) is 46.5 Å². The summed E-state index contributed by atoms with van der Waals surface area (Å²) in [6, 6.07) is 5.11. The van der Waals surface area contributed by atoms with E-state index in [0.717, 1.165) is 11.3 Å². The van der Waals surface area contributed by atoms with Gasteiger partial charge in [-0.3, -0.25) is 0 Å². The molecule has 0 radical (unpaired) electrons. The van der Waals surface area contributed by atoms with Crippen LogP contribution in [-0.2, 0) is 6.42 Å². The standard InChI is InChI=1S/C9H8O3.C2H6/c10-9(11)7-2-1-3-8-6(7)4-5-12-8;1-2/h1-3H,4-5H2,(H,10,11);1-2H3. The lowest BCUT2D eigenvalue weighted by molar-refractivity contribution is 0.0696. The Kier molecular flexibility index (Phi) is 3.51. The molecule has 0 saturated carbocycles. The number of carbonyl (C=O) groups is 1. The third-order valence-corrected chi connectivity index (χ3v) is 1.97. The molecule has 1 N–H and O–H groups in total. The molecule has 0 saturated heterocycles. The van der Waals surface area contributed by atoms with Gasteiger partial charge in [-0.05, 0) is 12.1 Å². The monoisotopic (exact) mass is 194 g/mol. The van der Waals surface area contributed by atoms with Crippen LogP contribution in [0.2, 0.25) is 0 Å². The molecule has 0 aromatic heterocycles. The van der Waals surface area contributed by atoms with E-state index in [4.69, 9.17) is 9.84 Å². The molecule has 2 rings (SSSR count). The fraction of sp³-hybridized carbons (Fsp3) is 0.364. The van der Waals surface area contributed by atoms with Crippen molar-refractivity contribution in [3.05, 3.63) is 29.3 Å². The highest BCUT2D eigenvalue weighted by molar-refractivity contribution is 5.90. The molecule has 0 spiro atoms. The summed E-state index contributed by atoms with van der Waals surface area (Å²) >= 11 is 0. The number of rotatable bonds is 1. The van der Waals surface area contributed by atoms with Crippen molar-refractivity contribution in [3.8, 4) is 5.75 Å². The average molecular weight is 194 g/mol. The van der Waals surface area contributed by atoms with E-state index < -0.39 is 5.97 Å². The molecule has 0 fully saturated rings. The summed E-state index contributed by atoms with van der Waals surface area (Å²) in [5, 5.41) is 8.79. The number of ether oxygens (including phenoxy) is 1. The maximum absolute atomic E-state index is 10.7. The maximum atomic E-state index is 10.7. The highest BCUT2D eigenvalue weighted by atomic mass is 16.5. The van der Waals surface area contributed by atoms with E-state index >= 15 is 0 Å². The Labute approximate surface area is 83.3 Å². The molecule has 3 heteroatoms. The Hall–Kier alpha value is -1.51. The average Bonchev–Trinajstić information content (AvgIpc) is 2.67. The highest BCUT2D eigenvalue weighted by Crippen LogP contribution is 2.27. The third-order valence-electron chi connectivity index (χ3n) is 1.97. The van der Waals surface area contributed by atoms with Gasteiger partial charge in [0.05, 0.1) is 12.2 Å². The number of hydrogen-bond donors (Lipinski definition) is 1. The molecule has 1 aliphatic rings. The van der Waals surface area contributed by atoms with Crippen molar-refractivity contribution >= 4 is 5.97 Å². The predicted molar refractivity (Wildman–Crippen MR) is 53.9 cm³/mol. The zero-order valence-electron chi connectivity index (χ0n) is 8.41. The van der Waals surface area contributed by atoms with Gasteiger partial charge in [-0.1, -0.05) is 19.9 Å². The molecular weight excluding hydrogens is 180 g/mol. The fourth-order valence-corrected chi connectivity index (χ4v) is 1.42. The largest absolute Gasteiger partial charge is 0.493 e. The van der Waals surface area contributed by atoms with Crippen LogP contribution in [0.15, 0.2) is 18.2 Å². The first-order valence-electron chi connectivity index (χ1n) is 4.77.